The molecule has 0 radical (unpaired) electrons. The molecule has 1 heterocycles. The number of nitriles is 1. The summed E-state index contributed by atoms with van der Waals surface area (Å²) < 4.78 is 39.6. The Labute approximate surface area is 152 Å². The van der Waals surface area contributed by atoms with Crippen LogP contribution in [0, 0.1) is 17.1 Å². The van der Waals surface area contributed by atoms with Crippen LogP contribution in [-0.2, 0) is 9.84 Å². The quantitative estimate of drug-likeness (QED) is 0.648. The van der Waals surface area contributed by atoms with Gasteiger partial charge < -0.3 is 0 Å². The van der Waals surface area contributed by atoms with E-state index in [1.54, 1.807) is 12.1 Å². The maximum atomic E-state index is 14.2. The second kappa shape index (κ2) is 6.43. The van der Waals surface area contributed by atoms with E-state index in [1.807, 2.05) is 12.1 Å². The van der Waals surface area contributed by atoms with Gasteiger partial charge in [0.1, 0.15) is 16.8 Å². The zero-order valence-electron chi connectivity index (χ0n) is 12.9. The van der Waals surface area contributed by atoms with Gasteiger partial charge in [0.05, 0.1) is 23.1 Å². The van der Waals surface area contributed by atoms with E-state index >= 15 is 0 Å². The van der Waals surface area contributed by atoms with E-state index in [0.717, 1.165) is 22.4 Å². The molecule has 0 spiro atoms. The summed E-state index contributed by atoms with van der Waals surface area (Å²) in [6, 6.07) is 13.1. The number of nitrogens with zero attached hydrogens (tertiary/aromatic N) is 3. The van der Waals surface area contributed by atoms with Gasteiger partial charge >= 0.3 is 0 Å². The van der Waals surface area contributed by atoms with E-state index in [1.165, 1.54) is 23.0 Å². The van der Waals surface area contributed by atoms with Crippen molar-refractivity contribution in [2.75, 3.05) is 6.26 Å². The highest BCUT2D eigenvalue weighted by atomic mass is 79.9. The molecule has 0 aliphatic rings. The topological polar surface area (TPSA) is 75.8 Å². The van der Waals surface area contributed by atoms with Crippen LogP contribution in [0.1, 0.15) is 5.56 Å². The number of halogens is 2. The average Bonchev–Trinajstić information content (AvgIpc) is 2.98. The van der Waals surface area contributed by atoms with E-state index in [9.17, 15) is 18.1 Å². The highest BCUT2D eigenvalue weighted by Crippen LogP contribution is 2.28. The van der Waals surface area contributed by atoms with Crippen LogP contribution in [0.2, 0.25) is 0 Å². The number of rotatable bonds is 3. The molecule has 3 aromatic rings. The highest BCUT2D eigenvalue weighted by Gasteiger charge is 2.18. The van der Waals surface area contributed by atoms with Crippen molar-refractivity contribution in [3.63, 3.8) is 0 Å². The van der Waals surface area contributed by atoms with Gasteiger partial charge in [-0.2, -0.15) is 10.4 Å². The van der Waals surface area contributed by atoms with Crippen LogP contribution < -0.4 is 0 Å². The van der Waals surface area contributed by atoms with Crippen LogP contribution in [0.5, 0.6) is 0 Å². The normalized spacial score (nSPS) is 11.3. The van der Waals surface area contributed by atoms with Gasteiger partial charge in [-0.1, -0.05) is 28.1 Å². The fourth-order valence-electron chi connectivity index (χ4n) is 2.43. The number of sulfone groups is 1. The van der Waals surface area contributed by atoms with Gasteiger partial charge in [0.25, 0.3) is 0 Å². The first-order valence-corrected chi connectivity index (χ1v) is 9.74. The lowest BCUT2D eigenvalue weighted by Gasteiger charge is -2.10. The molecule has 0 fully saturated rings. The lowest BCUT2D eigenvalue weighted by Crippen LogP contribution is -2.04. The zero-order chi connectivity index (χ0) is 18.2. The molecule has 126 valence electrons. The van der Waals surface area contributed by atoms with Crippen molar-refractivity contribution in [1.82, 2.24) is 9.78 Å². The molecule has 5 nitrogen and oxygen atoms in total. The number of hydrogen-bond donors (Lipinski definition) is 0. The number of benzene rings is 2. The van der Waals surface area contributed by atoms with E-state index in [0.29, 0.717) is 16.9 Å². The molecular weight excluding hydrogens is 409 g/mol. The summed E-state index contributed by atoms with van der Waals surface area (Å²) in [5.41, 5.74) is 1.88. The van der Waals surface area contributed by atoms with Crippen LogP contribution in [0.25, 0.3) is 16.9 Å². The first-order valence-electron chi connectivity index (χ1n) is 7.05. The van der Waals surface area contributed by atoms with Crippen LogP contribution in [0.3, 0.4) is 0 Å². The van der Waals surface area contributed by atoms with Gasteiger partial charge in [-0.15, -0.1) is 0 Å². The minimum atomic E-state index is -3.66. The molecule has 0 saturated carbocycles. The molecule has 0 atom stereocenters. The molecule has 0 unspecified atom stereocenters. The fraction of sp³-hybridized carbons (Fsp3) is 0.0588. The SMILES string of the molecule is CS(=O)(=O)c1ccc(-n2ncc(C#N)c2-c2ccc(Br)cc2)cc1F. The first kappa shape index (κ1) is 17.3. The summed E-state index contributed by atoms with van der Waals surface area (Å²) in [6.45, 7) is 0. The molecule has 0 amide bonds. The standard InChI is InChI=1S/C17H11BrFN3O2S/c1-25(23,24)16-7-6-14(8-15(16)19)22-17(12(9-20)10-21-22)11-2-4-13(18)5-3-11/h2-8,10H,1H3. The third-order valence-electron chi connectivity index (χ3n) is 3.57. The van der Waals surface area contributed by atoms with E-state index in [2.05, 4.69) is 27.1 Å². The van der Waals surface area contributed by atoms with Gasteiger partial charge in [0.15, 0.2) is 9.84 Å². The second-order valence-corrected chi connectivity index (χ2v) is 8.22. The van der Waals surface area contributed by atoms with Crippen molar-refractivity contribution in [3.05, 3.63) is 64.5 Å². The van der Waals surface area contributed by atoms with E-state index in [-0.39, 0.29) is 4.90 Å². The summed E-state index contributed by atoms with van der Waals surface area (Å²) in [6.07, 6.45) is 2.33. The summed E-state index contributed by atoms with van der Waals surface area (Å²) in [5.74, 6) is -0.865. The summed E-state index contributed by atoms with van der Waals surface area (Å²) in [5, 5.41) is 13.5. The third-order valence-corrected chi connectivity index (χ3v) is 5.23. The van der Waals surface area contributed by atoms with Crippen molar-refractivity contribution >= 4 is 25.8 Å². The summed E-state index contributed by atoms with van der Waals surface area (Å²) in [7, 11) is -3.66. The van der Waals surface area contributed by atoms with Crippen molar-refractivity contribution in [3.8, 4) is 23.0 Å². The average molecular weight is 420 g/mol. The Bertz CT molecular complexity index is 1100. The van der Waals surface area contributed by atoms with E-state index in [4.69, 9.17) is 0 Å². The molecule has 0 N–H and O–H groups in total. The van der Waals surface area contributed by atoms with Gasteiger partial charge in [-0.3, -0.25) is 0 Å². The van der Waals surface area contributed by atoms with Crippen molar-refractivity contribution in [2.45, 2.75) is 4.90 Å². The molecule has 3 rings (SSSR count). The fourth-order valence-corrected chi connectivity index (χ4v) is 3.43. The largest absolute Gasteiger partial charge is 0.232 e. The first-order chi connectivity index (χ1) is 11.8. The summed E-state index contributed by atoms with van der Waals surface area (Å²) >= 11 is 3.35. The predicted octanol–water partition coefficient (Wildman–Crippen LogP) is 3.72. The molecule has 25 heavy (non-hydrogen) atoms. The molecule has 0 aliphatic heterocycles. The van der Waals surface area contributed by atoms with Crippen molar-refractivity contribution in [2.24, 2.45) is 0 Å². The molecule has 0 saturated heterocycles. The Hall–Kier alpha value is -2.50. The Morgan fingerprint density at radius 1 is 1.20 bits per heavy atom. The minimum absolute atomic E-state index is 0.323. The Kier molecular flexibility index (Phi) is 4.45. The maximum absolute atomic E-state index is 14.2. The van der Waals surface area contributed by atoms with Crippen LogP contribution in [0.4, 0.5) is 4.39 Å². The molecule has 2 aromatic carbocycles. The smallest absolute Gasteiger partial charge is 0.178 e. The molecule has 0 bridgehead atoms. The Balaban J connectivity index is 2.19. The molecule has 1 aromatic heterocycles. The Morgan fingerprint density at radius 3 is 2.44 bits per heavy atom. The predicted molar refractivity (Wildman–Crippen MR) is 94.5 cm³/mol. The molecule has 0 aliphatic carbocycles. The van der Waals surface area contributed by atoms with Gasteiger partial charge in [0, 0.05) is 22.4 Å². The summed E-state index contributed by atoms with van der Waals surface area (Å²) in [4.78, 5) is -0.380. The van der Waals surface area contributed by atoms with Crippen LogP contribution >= 0.6 is 15.9 Å². The molecular formula is C17H11BrFN3O2S. The van der Waals surface area contributed by atoms with Gasteiger partial charge in [0.2, 0.25) is 0 Å². The number of aromatic nitrogens is 2. The lowest BCUT2D eigenvalue weighted by molar-refractivity contribution is 0.569. The minimum Gasteiger partial charge on any atom is -0.232 e. The Morgan fingerprint density at radius 2 is 1.88 bits per heavy atom. The van der Waals surface area contributed by atoms with Crippen LogP contribution in [-0.4, -0.2) is 24.5 Å². The second-order valence-electron chi connectivity index (χ2n) is 5.32. The van der Waals surface area contributed by atoms with Gasteiger partial charge in [-0.25, -0.2) is 17.5 Å². The molecule has 8 heteroatoms. The van der Waals surface area contributed by atoms with E-state index < -0.39 is 15.7 Å². The zero-order valence-corrected chi connectivity index (χ0v) is 15.3. The van der Waals surface area contributed by atoms with Crippen LogP contribution in [0.15, 0.2) is 58.0 Å². The van der Waals surface area contributed by atoms with Crippen molar-refractivity contribution < 1.29 is 12.8 Å². The monoisotopic (exact) mass is 419 g/mol. The highest BCUT2D eigenvalue weighted by molar-refractivity contribution is 9.10. The van der Waals surface area contributed by atoms with Crippen molar-refractivity contribution in [1.29, 1.82) is 5.26 Å². The maximum Gasteiger partial charge on any atom is 0.178 e. The van der Waals surface area contributed by atoms with Gasteiger partial charge in [-0.05, 0) is 24.3 Å². The number of hydrogen-bond acceptors (Lipinski definition) is 4. The third kappa shape index (κ3) is 3.34. The lowest BCUT2D eigenvalue weighted by atomic mass is 10.1.